The van der Waals surface area contributed by atoms with E-state index in [1.54, 1.807) is 14.2 Å². The molecule has 2 spiro atoms. The molecule has 9 heteroatoms. The lowest BCUT2D eigenvalue weighted by Gasteiger charge is -2.26. The summed E-state index contributed by atoms with van der Waals surface area (Å²) in [6.07, 6.45) is 8.50. The molecule has 0 bridgehead atoms. The summed E-state index contributed by atoms with van der Waals surface area (Å²) in [6.45, 7) is 3.50. The lowest BCUT2D eigenvalue weighted by atomic mass is 10.2. The van der Waals surface area contributed by atoms with Crippen LogP contribution >= 0.6 is 0 Å². The third-order valence-corrected chi connectivity index (χ3v) is 8.44. The van der Waals surface area contributed by atoms with Crippen LogP contribution in [-0.2, 0) is 4.74 Å². The number of rotatable bonds is 0. The molecule has 0 unspecified atom stereocenters. The lowest BCUT2D eigenvalue weighted by Crippen LogP contribution is -2.59. The predicted molar refractivity (Wildman–Crippen MR) is 168 cm³/mol. The average molecular weight is 603 g/mol. The van der Waals surface area contributed by atoms with Crippen LogP contribution in [0.3, 0.4) is 0 Å². The minimum absolute atomic E-state index is 0.855. The molecule has 0 N–H and O–H groups in total. The number of fused-ring (bicyclic) bond motifs is 4. The summed E-state index contributed by atoms with van der Waals surface area (Å²) in [5.74, 6) is 3.42. The van der Waals surface area contributed by atoms with Crippen molar-refractivity contribution in [1.29, 1.82) is 0 Å². The zero-order valence-corrected chi connectivity index (χ0v) is 25.2. The second-order valence-electron chi connectivity index (χ2n) is 11.4. The Hall–Kier alpha value is -5.28. The van der Waals surface area contributed by atoms with Gasteiger partial charge in [0.15, 0.2) is 47.9 Å². The van der Waals surface area contributed by atoms with Crippen LogP contribution in [0.25, 0.3) is 0 Å². The summed E-state index contributed by atoms with van der Waals surface area (Å²) in [5, 5.41) is 0. The molecule has 9 nitrogen and oxygen atoms in total. The van der Waals surface area contributed by atoms with Crippen molar-refractivity contribution in [3.05, 3.63) is 119 Å². The molecule has 0 aromatic heterocycles. The van der Waals surface area contributed by atoms with Gasteiger partial charge in [-0.1, -0.05) is 66.8 Å². The Balaban J connectivity index is 0.000000123. The molecular formula is C36H34N4O5+4. The van der Waals surface area contributed by atoms with E-state index in [1.807, 2.05) is 72.8 Å². The van der Waals surface area contributed by atoms with Crippen molar-refractivity contribution >= 4 is 24.9 Å². The molecule has 2 fully saturated rings. The third-order valence-electron chi connectivity index (χ3n) is 8.44. The van der Waals surface area contributed by atoms with Gasteiger partial charge in [-0.25, -0.2) is 0 Å². The van der Waals surface area contributed by atoms with Gasteiger partial charge in [-0.2, -0.15) is 0 Å². The molecule has 6 heterocycles. The zero-order chi connectivity index (χ0) is 30.4. The van der Waals surface area contributed by atoms with Crippen LogP contribution in [0.2, 0.25) is 0 Å². The standard InChI is InChI=1S/2C17H14N2O2.C2H6O/c2*1-3-7-15-13(5-1)11-18-9-10-19-12-14-6-2-4-8-16(14)21-17(18,19)20-15;1-3-2/h2*1-8,11-12H,9-10H2;1-2H3/q2*+2;. The third kappa shape index (κ3) is 4.42. The van der Waals surface area contributed by atoms with Crippen LogP contribution in [0.4, 0.5) is 0 Å². The van der Waals surface area contributed by atoms with E-state index in [2.05, 4.69) is 72.2 Å². The van der Waals surface area contributed by atoms with Crippen LogP contribution in [0.1, 0.15) is 22.3 Å². The van der Waals surface area contributed by atoms with Gasteiger partial charge >= 0.3 is 12.1 Å². The van der Waals surface area contributed by atoms with Gasteiger partial charge in [0.1, 0.15) is 0 Å². The second kappa shape index (κ2) is 10.7. The van der Waals surface area contributed by atoms with Crippen molar-refractivity contribution in [2.24, 2.45) is 0 Å². The molecule has 4 aromatic rings. The first-order valence-corrected chi connectivity index (χ1v) is 15.1. The first-order chi connectivity index (χ1) is 22.1. The quantitative estimate of drug-likeness (QED) is 0.288. The Morgan fingerprint density at radius 1 is 0.422 bits per heavy atom. The molecule has 0 radical (unpaired) electrons. The van der Waals surface area contributed by atoms with Crippen LogP contribution in [-0.4, -0.2) is 95.6 Å². The summed E-state index contributed by atoms with van der Waals surface area (Å²) in [7, 11) is 3.25. The first kappa shape index (κ1) is 27.3. The zero-order valence-electron chi connectivity index (χ0n) is 25.2. The predicted octanol–water partition coefficient (Wildman–Crippen LogP) is 3.58. The summed E-state index contributed by atoms with van der Waals surface area (Å²) >= 11 is 0. The van der Waals surface area contributed by atoms with Gasteiger partial charge in [0.05, 0.1) is 22.3 Å². The molecule has 0 atom stereocenters. The van der Waals surface area contributed by atoms with Gasteiger partial charge < -0.3 is 23.7 Å². The highest BCUT2D eigenvalue weighted by Crippen LogP contribution is 2.37. The smallest absolute Gasteiger partial charge is 0.388 e. The molecule has 4 aromatic carbocycles. The van der Waals surface area contributed by atoms with Crippen molar-refractivity contribution in [3.8, 4) is 23.0 Å². The minimum Gasteiger partial charge on any atom is -0.388 e. The number of hydrogen-bond donors (Lipinski definition) is 0. The van der Waals surface area contributed by atoms with Crippen LogP contribution in [0.15, 0.2) is 97.1 Å². The highest BCUT2D eigenvalue weighted by Gasteiger charge is 2.69. The Labute approximate surface area is 261 Å². The topological polar surface area (TPSA) is 58.2 Å². The van der Waals surface area contributed by atoms with Crippen LogP contribution in [0, 0.1) is 0 Å². The van der Waals surface area contributed by atoms with Crippen molar-refractivity contribution in [2.45, 2.75) is 12.1 Å². The number of ether oxygens (including phenoxy) is 5. The normalized spacial score (nSPS) is 18.9. The molecular weight excluding hydrogens is 568 g/mol. The van der Waals surface area contributed by atoms with E-state index in [0.29, 0.717) is 0 Å². The molecule has 10 rings (SSSR count). The first-order valence-electron chi connectivity index (χ1n) is 15.1. The Bertz CT molecular complexity index is 1670. The van der Waals surface area contributed by atoms with E-state index in [1.165, 1.54) is 0 Å². The molecule has 224 valence electrons. The van der Waals surface area contributed by atoms with Gasteiger partial charge in [-0.3, -0.25) is 0 Å². The maximum absolute atomic E-state index is 6.27. The van der Waals surface area contributed by atoms with Crippen molar-refractivity contribution in [3.63, 3.8) is 0 Å². The van der Waals surface area contributed by atoms with Gasteiger partial charge in [-0.05, 0) is 48.5 Å². The monoisotopic (exact) mass is 602 g/mol. The van der Waals surface area contributed by atoms with Gasteiger partial charge in [0.25, 0.3) is 0 Å². The van der Waals surface area contributed by atoms with Crippen molar-refractivity contribution in [2.75, 3.05) is 40.4 Å². The number of para-hydroxylation sites is 4. The second-order valence-corrected chi connectivity index (χ2v) is 11.4. The summed E-state index contributed by atoms with van der Waals surface area (Å²) in [6, 6.07) is 30.5. The summed E-state index contributed by atoms with van der Waals surface area (Å²) in [4.78, 5) is 0. The fraction of sp³-hybridized carbons (Fsp3) is 0.222. The molecule has 6 aliphatic heterocycles. The number of benzene rings is 4. The Morgan fingerprint density at radius 2 is 0.644 bits per heavy atom. The van der Waals surface area contributed by atoms with Crippen LogP contribution in [0.5, 0.6) is 23.0 Å². The summed E-state index contributed by atoms with van der Waals surface area (Å²) < 4.78 is 37.8. The maximum Gasteiger partial charge on any atom is 0.704 e. The summed E-state index contributed by atoms with van der Waals surface area (Å²) in [5.41, 5.74) is 4.36. The van der Waals surface area contributed by atoms with E-state index < -0.39 is 12.1 Å². The molecule has 0 amide bonds. The average Bonchev–Trinajstić information content (AvgIpc) is 3.61. The maximum atomic E-state index is 6.27. The minimum atomic E-state index is -0.872. The van der Waals surface area contributed by atoms with E-state index in [9.17, 15) is 0 Å². The van der Waals surface area contributed by atoms with E-state index in [-0.39, 0.29) is 0 Å². The molecule has 0 saturated carbocycles. The number of nitrogens with zero attached hydrogens (tertiary/aromatic N) is 4. The SMILES string of the molecule is C1=[N+]2CC[N+]3=Cc4ccccc4OC23Oc2ccccc21.C1=[N+]2CC[N+]3=Cc4ccccc4OC23Oc2ccccc21.COC. The molecule has 45 heavy (non-hydrogen) atoms. The number of methoxy groups -OCH3 is 1. The highest BCUT2D eigenvalue weighted by atomic mass is 16.8. The van der Waals surface area contributed by atoms with E-state index in [0.717, 1.165) is 71.4 Å². The molecule has 0 aliphatic carbocycles. The van der Waals surface area contributed by atoms with E-state index in [4.69, 9.17) is 18.9 Å². The van der Waals surface area contributed by atoms with Crippen molar-refractivity contribution < 1.29 is 42.0 Å². The van der Waals surface area contributed by atoms with Crippen LogP contribution < -0.4 is 18.9 Å². The van der Waals surface area contributed by atoms with Gasteiger partial charge in [0, 0.05) is 14.2 Å². The fourth-order valence-corrected chi connectivity index (χ4v) is 6.39. The Kier molecular flexibility index (Phi) is 6.49. The highest BCUT2D eigenvalue weighted by molar-refractivity contribution is 5.83. The van der Waals surface area contributed by atoms with Gasteiger partial charge in [-0.15, -0.1) is 0 Å². The van der Waals surface area contributed by atoms with E-state index >= 15 is 0 Å². The van der Waals surface area contributed by atoms with Crippen molar-refractivity contribution in [1.82, 2.24) is 0 Å². The van der Waals surface area contributed by atoms with Gasteiger partial charge in [0.2, 0.25) is 26.2 Å². The largest absolute Gasteiger partial charge is 0.704 e. The lowest BCUT2D eigenvalue weighted by molar-refractivity contribution is -0.855. The Morgan fingerprint density at radius 3 is 0.889 bits per heavy atom. The molecule has 2 saturated heterocycles. The number of hydrogen-bond acceptors (Lipinski definition) is 5. The fourth-order valence-electron chi connectivity index (χ4n) is 6.39. The molecule has 6 aliphatic rings.